The van der Waals surface area contributed by atoms with Crippen LogP contribution in [-0.4, -0.2) is 38.8 Å². The van der Waals surface area contributed by atoms with Crippen LogP contribution < -0.4 is 5.43 Å². The van der Waals surface area contributed by atoms with Crippen LogP contribution in [0.2, 0.25) is 0 Å². The highest BCUT2D eigenvalue weighted by atomic mass is 16.4. The van der Waals surface area contributed by atoms with Crippen molar-refractivity contribution in [1.82, 2.24) is 10.4 Å². The SMILES string of the molecule is O=C(O)CC/C(=N/NC(=O)c1ccc2ccccc2n1)C(=O)O. The Labute approximate surface area is 130 Å². The van der Waals surface area contributed by atoms with Gasteiger partial charge in [0.2, 0.25) is 0 Å². The van der Waals surface area contributed by atoms with E-state index in [4.69, 9.17) is 10.2 Å². The smallest absolute Gasteiger partial charge is 0.352 e. The van der Waals surface area contributed by atoms with E-state index >= 15 is 0 Å². The van der Waals surface area contributed by atoms with Crippen LogP contribution in [0, 0.1) is 0 Å². The number of carboxylic acids is 2. The van der Waals surface area contributed by atoms with Crippen molar-refractivity contribution in [2.24, 2.45) is 5.10 Å². The highest BCUT2D eigenvalue weighted by Crippen LogP contribution is 2.11. The van der Waals surface area contributed by atoms with Gasteiger partial charge in [-0.2, -0.15) is 5.10 Å². The van der Waals surface area contributed by atoms with E-state index in [-0.39, 0.29) is 12.1 Å². The van der Waals surface area contributed by atoms with Crippen molar-refractivity contribution >= 4 is 34.5 Å². The number of carbonyl (C=O) groups is 3. The molecule has 1 amide bonds. The van der Waals surface area contributed by atoms with Crippen molar-refractivity contribution in [3.05, 3.63) is 42.1 Å². The second-order valence-corrected chi connectivity index (χ2v) is 4.59. The van der Waals surface area contributed by atoms with Gasteiger partial charge in [0.25, 0.3) is 5.91 Å². The van der Waals surface area contributed by atoms with Crippen molar-refractivity contribution in [3.63, 3.8) is 0 Å². The van der Waals surface area contributed by atoms with Gasteiger partial charge in [-0.3, -0.25) is 9.59 Å². The third-order valence-electron chi connectivity index (χ3n) is 2.95. The number of aromatic nitrogens is 1. The van der Waals surface area contributed by atoms with Crippen LogP contribution in [0.25, 0.3) is 10.9 Å². The number of aliphatic carboxylic acids is 2. The topological polar surface area (TPSA) is 129 Å². The summed E-state index contributed by atoms with van der Waals surface area (Å²) in [6, 6.07) is 10.4. The molecule has 1 aromatic heterocycles. The fourth-order valence-corrected chi connectivity index (χ4v) is 1.80. The Morgan fingerprint density at radius 3 is 2.48 bits per heavy atom. The molecule has 8 heteroatoms. The zero-order valence-electron chi connectivity index (χ0n) is 11.9. The maximum Gasteiger partial charge on any atom is 0.352 e. The third kappa shape index (κ3) is 4.34. The van der Waals surface area contributed by atoms with E-state index in [0.29, 0.717) is 5.52 Å². The Kier molecular flexibility index (Phi) is 4.98. The van der Waals surface area contributed by atoms with E-state index in [1.54, 1.807) is 18.2 Å². The van der Waals surface area contributed by atoms with E-state index in [0.717, 1.165) is 5.39 Å². The quantitative estimate of drug-likeness (QED) is 0.544. The van der Waals surface area contributed by atoms with Crippen LogP contribution >= 0.6 is 0 Å². The van der Waals surface area contributed by atoms with Gasteiger partial charge in [0.1, 0.15) is 11.4 Å². The number of carbonyl (C=O) groups excluding carboxylic acids is 1. The highest BCUT2D eigenvalue weighted by Gasteiger charge is 2.13. The molecule has 0 spiro atoms. The first-order chi connectivity index (χ1) is 11.0. The molecule has 0 aliphatic rings. The first kappa shape index (κ1) is 16.1. The average molecular weight is 315 g/mol. The molecule has 23 heavy (non-hydrogen) atoms. The zero-order chi connectivity index (χ0) is 16.8. The Morgan fingerprint density at radius 1 is 1.04 bits per heavy atom. The number of hydrogen-bond acceptors (Lipinski definition) is 5. The molecule has 0 aliphatic carbocycles. The van der Waals surface area contributed by atoms with E-state index in [1.165, 1.54) is 6.07 Å². The van der Waals surface area contributed by atoms with Gasteiger partial charge in [-0.25, -0.2) is 15.2 Å². The van der Waals surface area contributed by atoms with Crippen LogP contribution in [0.4, 0.5) is 0 Å². The Bertz CT molecular complexity index is 801. The van der Waals surface area contributed by atoms with Gasteiger partial charge in [0, 0.05) is 11.8 Å². The summed E-state index contributed by atoms with van der Waals surface area (Å²) in [5.41, 5.74) is 2.34. The number of hydrazone groups is 1. The second kappa shape index (κ2) is 7.12. The summed E-state index contributed by atoms with van der Waals surface area (Å²) in [6.07, 6.45) is -0.689. The normalized spacial score (nSPS) is 11.2. The summed E-state index contributed by atoms with van der Waals surface area (Å²) >= 11 is 0. The van der Waals surface area contributed by atoms with Crippen LogP contribution in [0.1, 0.15) is 23.3 Å². The number of para-hydroxylation sites is 1. The summed E-state index contributed by atoms with van der Waals surface area (Å²) < 4.78 is 0. The summed E-state index contributed by atoms with van der Waals surface area (Å²) in [5, 5.41) is 21.8. The summed E-state index contributed by atoms with van der Waals surface area (Å²) in [5.74, 6) is -3.22. The highest BCUT2D eigenvalue weighted by molar-refractivity contribution is 6.35. The molecule has 2 aromatic rings. The summed E-state index contributed by atoms with van der Waals surface area (Å²) in [7, 11) is 0. The largest absolute Gasteiger partial charge is 0.481 e. The molecule has 3 N–H and O–H groups in total. The molecule has 8 nitrogen and oxygen atoms in total. The summed E-state index contributed by atoms with van der Waals surface area (Å²) in [4.78, 5) is 37.5. The molecule has 118 valence electrons. The molecule has 0 bridgehead atoms. The number of benzene rings is 1. The molecule has 0 atom stereocenters. The second-order valence-electron chi connectivity index (χ2n) is 4.59. The van der Waals surface area contributed by atoms with Crippen molar-refractivity contribution in [1.29, 1.82) is 0 Å². The molecule has 1 aromatic carbocycles. The molecular formula is C15H13N3O5. The molecule has 1 heterocycles. The number of nitrogens with zero attached hydrogens (tertiary/aromatic N) is 2. The minimum Gasteiger partial charge on any atom is -0.481 e. The number of nitrogens with one attached hydrogen (secondary N) is 1. The lowest BCUT2D eigenvalue weighted by molar-refractivity contribution is -0.136. The van der Waals surface area contributed by atoms with Crippen molar-refractivity contribution in [3.8, 4) is 0 Å². The lowest BCUT2D eigenvalue weighted by Gasteiger charge is -2.03. The van der Waals surface area contributed by atoms with Crippen LogP contribution in [0.5, 0.6) is 0 Å². The molecule has 2 rings (SSSR count). The molecule has 0 radical (unpaired) electrons. The van der Waals surface area contributed by atoms with Gasteiger partial charge in [-0.1, -0.05) is 24.3 Å². The van der Waals surface area contributed by atoms with Gasteiger partial charge < -0.3 is 10.2 Å². The Balaban J connectivity index is 2.13. The first-order valence-electron chi connectivity index (χ1n) is 6.65. The lowest BCUT2D eigenvalue weighted by atomic mass is 10.2. The molecule has 0 aliphatic heterocycles. The zero-order valence-corrected chi connectivity index (χ0v) is 11.9. The van der Waals surface area contributed by atoms with E-state index in [2.05, 4.69) is 15.5 Å². The fraction of sp³-hybridized carbons (Fsp3) is 0.133. The lowest BCUT2D eigenvalue weighted by Crippen LogP contribution is -2.24. The fourth-order valence-electron chi connectivity index (χ4n) is 1.80. The number of carboxylic acid groups (broad SMARTS) is 2. The van der Waals surface area contributed by atoms with Gasteiger partial charge in [0.05, 0.1) is 11.9 Å². The number of amides is 1. The van der Waals surface area contributed by atoms with Gasteiger partial charge in [0.15, 0.2) is 0 Å². The minimum absolute atomic E-state index is 0.0791. The molecular weight excluding hydrogens is 302 g/mol. The Morgan fingerprint density at radius 2 is 1.78 bits per heavy atom. The predicted molar refractivity (Wildman–Crippen MR) is 81.1 cm³/mol. The van der Waals surface area contributed by atoms with E-state index in [1.807, 2.05) is 12.1 Å². The third-order valence-corrected chi connectivity index (χ3v) is 2.95. The van der Waals surface area contributed by atoms with Crippen LogP contribution in [-0.2, 0) is 9.59 Å². The Hall–Kier alpha value is -3.29. The maximum absolute atomic E-state index is 12.0. The monoisotopic (exact) mass is 315 g/mol. The molecule has 0 unspecified atom stereocenters. The molecule has 0 saturated heterocycles. The van der Waals surface area contributed by atoms with Crippen molar-refractivity contribution in [2.75, 3.05) is 0 Å². The predicted octanol–water partition coefficient (Wildman–Crippen LogP) is 1.27. The van der Waals surface area contributed by atoms with Crippen molar-refractivity contribution < 1.29 is 24.6 Å². The number of hydrogen-bond donors (Lipinski definition) is 3. The maximum atomic E-state index is 12.0. The van der Waals surface area contributed by atoms with Crippen LogP contribution in [0.3, 0.4) is 0 Å². The first-order valence-corrected chi connectivity index (χ1v) is 6.65. The van der Waals surface area contributed by atoms with Crippen molar-refractivity contribution in [2.45, 2.75) is 12.8 Å². The van der Waals surface area contributed by atoms with E-state index in [9.17, 15) is 14.4 Å². The number of pyridine rings is 1. The molecule has 0 fully saturated rings. The molecule has 0 saturated carbocycles. The summed E-state index contributed by atoms with van der Waals surface area (Å²) in [6.45, 7) is 0. The van der Waals surface area contributed by atoms with Gasteiger partial charge in [-0.15, -0.1) is 0 Å². The average Bonchev–Trinajstić information content (AvgIpc) is 2.53. The number of fused-ring (bicyclic) bond motifs is 1. The standard InChI is InChI=1S/C15H13N3O5/c19-13(20)8-7-12(15(22)23)17-18-14(21)11-6-5-9-3-1-2-4-10(9)16-11/h1-6H,7-8H2,(H,18,21)(H,19,20)(H,22,23)/b17-12-. The van der Waals surface area contributed by atoms with Gasteiger partial charge in [-0.05, 0) is 12.1 Å². The van der Waals surface area contributed by atoms with Gasteiger partial charge >= 0.3 is 11.9 Å². The number of rotatable bonds is 6. The van der Waals surface area contributed by atoms with Crippen LogP contribution in [0.15, 0.2) is 41.5 Å². The minimum atomic E-state index is -1.39. The van der Waals surface area contributed by atoms with E-state index < -0.39 is 30.0 Å².